The Labute approximate surface area is 142 Å². The monoisotopic (exact) mass is 330 g/mol. The lowest BCUT2D eigenvalue weighted by molar-refractivity contribution is 0.327. The standard InChI is InChI=1S/C19H23ClN2O/c20-16-6-3-14(4-7-16)12-19-18-13-17(23-11-9-21)8-5-15(18)2-1-10-22-19/h3-8,13,19,22H,1-2,9-12,21H2. The maximum atomic E-state index is 5.99. The van der Waals surface area contributed by atoms with Crippen LogP contribution in [0.15, 0.2) is 42.5 Å². The second kappa shape index (κ2) is 7.82. The van der Waals surface area contributed by atoms with Crippen molar-refractivity contribution in [2.75, 3.05) is 19.7 Å². The summed E-state index contributed by atoms with van der Waals surface area (Å²) in [5.74, 6) is 0.902. The van der Waals surface area contributed by atoms with E-state index < -0.39 is 0 Å². The molecule has 1 atom stereocenters. The minimum Gasteiger partial charge on any atom is -0.492 e. The molecule has 0 amide bonds. The maximum absolute atomic E-state index is 5.99. The predicted octanol–water partition coefficient (Wildman–Crippen LogP) is 3.50. The van der Waals surface area contributed by atoms with Crippen LogP contribution in [0, 0.1) is 0 Å². The molecule has 23 heavy (non-hydrogen) atoms. The highest BCUT2D eigenvalue weighted by Gasteiger charge is 2.19. The summed E-state index contributed by atoms with van der Waals surface area (Å²) in [6.07, 6.45) is 3.22. The van der Waals surface area contributed by atoms with Crippen LogP contribution in [0.1, 0.15) is 29.2 Å². The molecule has 4 heteroatoms. The van der Waals surface area contributed by atoms with Crippen molar-refractivity contribution in [3.8, 4) is 5.75 Å². The van der Waals surface area contributed by atoms with E-state index in [0.29, 0.717) is 19.2 Å². The zero-order chi connectivity index (χ0) is 16.1. The first-order valence-electron chi connectivity index (χ1n) is 8.20. The number of rotatable bonds is 5. The fraction of sp³-hybridized carbons (Fsp3) is 0.368. The SMILES string of the molecule is NCCOc1ccc2c(c1)C(Cc1ccc(Cl)cc1)NCCC2. The van der Waals surface area contributed by atoms with E-state index in [9.17, 15) is 0 Å². The summed E-state index contributed by atoms with van der Waals surface area (Å²) in [6, 6.07) is 14.8. The Morgan fingerprint density at radius 3 is 2.78 bits per heavy atom. The molecule has 1 unspecified atom stereocenters. The van der Waals surface area contributed by atoms with Crippen LogP contribution in [0.2, 0.25) is 5.02 Å². The first kappa shape index (κ1) is 16.3. The van der Waals surface area contributed by atoms with Gasteiger partial charge in [0.25, 0.3) is 0 Å². The Bertz CT molecular complexity index is 642. The summed E-state index contributed by atoms with van der Waals surface area (Å²) in [4.78, 5) is 0. The minimum atomic E-state index is 0.301. The Hall–Kier alpha value is -1.55. The van der Waals surface area contributed by atoms with Gasteiger partial charge in [-0.05, 0) is 66.8 Å². The number of nitrogens with one attached hydrogen (secondary N) is 1. The molecule has 1 aliphatic heterocycles. The van der Waals surface area contributed by atoms with E-state index in [1.54, 1.807) is 0 Å². The minimum absolute atomic E-state index is 0.301. The number of nitrogens with two attached hydrogens (primary N) is 1. The quantitative estimate of drug-likeness (QED) is 0.882. The van der Waals surface area contributed by atoms with E-state index in [4.69, 9.17) is 22.1 Å². The number of benzene rings is 2. The van der Waals surface area contributed by atoms with Crippen LogP contribution in [0.5, 0.6) is 5.75 Å². The summed E-state index contributed by atoms with van der Waals surface area (Å²) in [7, 11) is 0. The van der Waals surface area contributed by atoms with Crippen LogP contribution in [-0.2, 0) is 12.8 Å². The fourth-order valence-electron chi connectivity index (χ4n) is 3.10. The lowest BCUT2D eigenvalue weighted by Crippen LogP contribution is -2.23. The summed E-state index contributed by atoms with van der Waals surface area (Å²) in [6.45, 7) is 2.11. The molecule has 3 N–H and O–H groups in total. The topological polar surface area (TPSA) is 47.3 Å². The number of hydrogen-bond donors (Lipinski definition) is 2. The van der Waals surface area contributed by atoms with Gasteiger partial charge in [-0.25, -0.2) is 0 Å². The van der Waals surface area contributed by atoms with Gasteiger partial charge in [0.15, 0.2) is 0 Å². The summed E-state index contributed by atoms with van der Waals surface area (Å²) in [5.41, 5.74) is 9.57. The van der Waals surface area contributed by atoms with E-state index in [2.05, 4.69) is 35.6 Å². The van der Waals surface area contributed by atoms with Crippen LogP contribution in [0.25, 0.3) is 0 Å². The second-order valence-corrected chi connectivity index (χ2v) is 6.38. The number of halogens is 1. The van der Waals surface area contributed by atoms with Gasteiger partial charge in [-0.2, -0.15) is 0 Å². The molecule has 0 bridgehead atoms. The fourth-order valence-corrected chi connectivity index (χ4v) is 3.22. The maximum Gasteiger partial charge on any atom is 0.119 e. The van der Waals surface area contributed by atoms with Crippen molar-refractivity contribution in [3.05, 3.63) is 64.2 Å². The van der Waals surface area contributed by atoms with Crippen LogP contribution in [-0.4, -0.2) is 19.7 Å². The summed E-state index contributed by atoms with van der Waals surface area (Å²) >= 11 is 5.99. The zero-order valence-electron chi connectivity index (χ0n) is 13.2. The van der Waals surface area contributed by atoms with Crippen LogP contribution < -0.4 is 15.8 Å². The Morgan fingerprint density at radius 1 is 1.17 bits per heavy atom. The van der Waals surface area contributed by atoms with Crippen LogP contribution in [0.4, 0.5) is 0 Å². The first-order valence-corrected chi connectivity index (χ1v) is 8.57. The molecular formula is C19H23ClN2O. The molecular weight excluding hydrogens is 308 g/mol. The third-order valence-electron chi connectivity index (χ3n) is 4.25. The average Bonchev–Trinajstić information content (AvgIpc) is 2.77. The average molecular weight is 331 g/mol. The van der Waals surface area contributed by atoms with Gasteiger partial charge in [0.05, 0.1) is 0 Å². The molecule has 0 aromatic heterocycles. The van der Waals surface area contributed by atoms with E-state index >= 15 is 0 Å². The second-order valence-electron chi connectivity index (χ2n) is 5.94. The Kier molecular flexibility index (Phi) is 5.55. The Morgan fingerprint density at radius 2 is 2.00 bits per heavy atom. The van der Waals surface area contributed by atoms with Crippen molar-refractivity contribution in [1.29, 1.82) is 0 Å². The molecule has 0 fully saturated rings. The highest BCUT2D eigenvalue weighted by molar-refractivity contribution is 6.30. The number of fused-ring (bicyclic) bond motifs is 1. The lowest BCUT2D eigenvalue weighted by Gasteiger charge is -2.20. The molecule has 1 aliphatic rings. The van der Waals surface area contributed by atoms with E-state index in [-0.39, 0.29) is 0 Å². The van der Waals surface area contributed by atoms with Crippen LogP contribution >= 0.6 is 11.6 Å². The van der Waals surface area contributed by atoms with E-state index in [1.807, 2.05) is 12.1 Å². The predicted molar refractivity (Wildman–Crippen MR) is 95.2 cm³/mol. The summed E-state index contributed by atoms with van der Waals surface area (Å²) in [5, 5.41) is 4.45. The normalized spacial score (nSPS) is 17.4. The van der Waals surface area contributed by atoms with Crippen molar-refractivity contribution in [2.45, 2.75) is 25.3 Å². The summed E-state index contributed by atoms with van der Waals surface area (Å²) < 4.78 is 5.71. The molecule has 0 radical (unpaired) electrons. The van der Waals surface area contributed by atoms with Gasteiger partial charge in [0.2, 0.25) is 0 Å². The van der Waals surface area contributed by atoms with Crippen molar-refractivity contribution in [2.24, 2.45) is 5.73 Å². The third-order valence-corrected chi connectivity index (χ3v) is 4.50. The number of ether oxygens (including phenoxy) is 1. The third kappa shape index (κ3) is 4.25. The van der Waals surface area contributed by atoms with Gasteiger partial charge >= 0.3 is 0 Å². The first-order chi connectivity index (χ1) is 11.3. The van der Waals surface area contributed by atoms with E-state index in [1.165, 1.54) is 16.7 Å². The molecule has 0 spiro atoms. The highest BCUT2D eigenvalue weighted by atomic mass is 35.5. The number of aryl methyl sites for hydroxylation is 1. The van der Waals surface area contributed by atoms with Gasteiger partial charge < -0.3 is 15.8 Å². The molecule has 0 aliphatic carbocycles. The molecule has 3 rings (SSSR count). The van der Waals surface area contributed by atoms with Gasteiger partial charge in [0, 0.05) is 17.6 Å². The molecule has 0 saturated heterocycles. The number of hydrogen-bond acceptors (Lipinski definition) is 3. The van der Waals surface area contributed by atoms with Crippen molar-refractivity contribution in [1.82, 2.24) is 5.32 Å². The van der Waals surface area contributed by atoms with Gasteiger partial charge in [-0.15, -0.1) is 0 Å². The smallest absolute Gasteiger partial charge is 0.119 e. The zero-order valence-corrected chi connectivity index (χ0v) is 14.0. The lowest BCUT2D eigenvalue weighted by atomic mass is 9.94. The molecule has 0 saturated carbocycles. The Balaban J connectivity index is 1.84. The van der Waals surface area contributed by atoms with E-state index in [0.717, 1.165) is 36.6 Å². The van der Waals surface area contributed by atoms with Crippen molar-refractivity contribution in [3.63, 3.8) is 0 Å². The van der Waals surface area contributed by atoms with Crippen molar-refractivity contribution < 1.29 is 4.74 Å². The molecule has 1 heterocycles. The van der Waals surface area contributed by atoms with Gasteiger partial charge in [-0.1, -0.05) is 29.8 Å². The van der Waals surface area contributed by atoms with Gasteiger partial charge in [-0.3, -0.25) is 0 Å². The van der Waals surface area contributed by atoms with Gasteiger partial charge in [0.1, 0.15) is 12.4 Å². The molecule has 122 valence electrons. The largest absolute Gasteiger partial charge is 0.492 e. The molecule has 3 nitrogen and oxygen atoms in total. The molecule has 2 aromatic rings. The van der Waals surface area contributed by atoms with Crippen molar-refractivity contribution >= 4 is 11.6 Å². The van der Waals surface area contributed by atoms with Crippen LogP contribution in [0.3, 0.4) is 0 Å². The highest BCUT2D eigenvalue weighted by Crippen LogP contribution is 2.29. The molecule has 2 aromatic carbocycles.